The third kappa shape index (κ3) is 6.02. The van der Waals surface area contributed by atoms with Gasteiger partial charge in [0.2, 0.25) is 0 Å². The molecule has 0 saturated carbocycles. The molecule has 8 heteroatoms. The Morgan fingerprint density at radius 1 is 0.938 bits per heavy atom. The molecule has 0 fully saturated rings. The lowest BCUT2D eigenvalue weighted by Gasteiger charge is -2.14. The number of hydrogen-bond acceptors (Lipinski definition) is 4. The maximum absolute atomic E-state index is 13.0. The Bertz CT molecular complexity index is 1230. The van der Waals surface area contributed by atoms with Gasteiger partial charge in [-0.3, -0.25) is 9.52 Å². The number of amides is 1. The first-order chi connectivity index (χ1) is 15.2. The zero-order chi connectivity index (χ0) is 23.3. The molecule has 3 aromatic rings. The zero-order valence-corrected chi connectivity index (χ0v) is 19.7. The van der Waals surface area contributed by atoms with E-state index in [0.717, 1.165) is 11.1 Å². The summed E-state index contributed by atoms with van der Waals surface area (Å²) in [4.78, 5) is 12.6. The van der Waals surface area contributed by atoms with E-state index in [-0.39, 0.29) is 29.5 Å². The molecule has 0 heterocycles. The van der Waals surface area contributed by atoms with Crippen LogP contribution < -0.4 is 14.8 Å². The summed E-state index contributed by atoms with van der Waals surface area (Å²) in [6.07, 6.45) is 0. The van der Waals surface area contributed by atoms with Gasteiger partial charge in [0.1, 0.15) is 12.4 Å². The second-order valence-electron chi connectivity index (χ2n) is 7.46. The molecule has 0 aliphatic rings. The Hall–Kier alpha value is -3.03. The lowest BCUT2D eigenvalue weighted by Crippen LogP contribution is -2.28. The fourth-order valence-corrected chi connectivity index (χ4v) is 4.65. The highest BCUT2D eigenvalue weighted by atomic mass is 35.5. The van der Waals surface area contributed by atoms with Crippen LogP contribution in [0.2, 0.25) is 5.02 Å². The van der Waals surface area contributed by atoms with Crippen LogP contribution in [0.4, 0.5) is 5.69 Å². The zero-order valence-electron chi connectivity index (χ0n) is 18.1. The van der Waals surface area contributed by atoms with Gasteiger partial charge in [0, 0.05) is 10.6 Å². The molecule has 0 spiro atoms. The van der Waals surface area contributed by atoms with Gasteiger partial charge in [-0.1, -0.05) is 35.4 Å². The van der Waals surface area contributed by atoms with Crippen molar-refractivity contribution in [3.8, 4) is 5.75 Å². The lowest BCUT2D eigenvalue weighted by atomic mass is 10.1. The SMILES string of the molecule is Cc1ccc(NS(=O)(=O)c2cc(C(=O)NCCOc3ccc(Cl)cc3)ccc2C)c(C)c1. The van der Waals surface area contributed by atoms with Gasteiger partial charge in [0.25, 0.3) is 15.9 Å². The maximum Gasteiger partial charge on any atom is 0.262 e. The highest BCUT2D eigenvalue weighted by Gasteiger charge is 2.20. The number of rotatable bonds is 8. The van der Waals surface area contributed by atoms with E-state index in [2.05, 4.69) is 10.0 Å². The summed E-state index contributed by atoms with van der Waals surface area (Å²) in [7, 11) is -3.87. The first kappa shape index (κ1) is 23.6. The second-order valence-corrected chi connectivity index (χ2v) is 9.55. The van der Waals surface area contributed by atoms with E-state index in [9.17, 15) is 13.2 Å². The lowest BCUT2D eigenvalue weighted by molar-refractivity contribution is 0.0947. The van der Waals surface area contributed by atoms with Gasteiger partial charge in [-0.2, -0.15) is 0 Å². The van der Waals surface area contributed by atoms with Gasteiger partial charge in [0.15, 0.2) is 0 Å². The molecule has 168 valence electrons. The summed E-state index contributed by atoms with van der Waals surface area (Å²) >= 11 is 5.84. The first-order valence-electron chi connectivity index (χ1n) is 10.0. The number of carbonyl (C=O) groups is 1. The minimum Gasteiger partial charge on any atom is -0.492 e. The fraction of sp³-hybridized carbons (Fsp3) is 0.208. The molecule has 0 aliphatic carbocycles. The molecule has 2 N–H and O–H groups in total. The minimum absolute atomic E-state index is 0.0579. The molecule has 3 rings (SSSR count). The third-order valence-corrected chi connectivity index (χ3v) is 6.60. The molecule has 1 amide bonds. The van der Waals surface area contributed by atoms with Crippen molar-refractivity contribution in [2.45, 2.75) is 25.7 Å². The van der Waals surface area contributed by atoms with Crippen molar-refractivity contribution in [1.29, 1.82) is 0 Å². The number of ether oxygens (including phenoxy) is 1. The van der Waals surface area contributed by atoms with Crippen LogP contribution in [0.15, 0.2) is 65.6 Å². The summed E-state index contributed by atoms with van der Waals surface area (Å²) in [6, 6.07) is 17.0. The largest absolute Gasteiger partial charge is 0.492 e. The van der Waals surface area contributed by atoms with E-state index >= 15 is 0 Å². The number of aryl methyl sites for hydroxylation is 3. The molecule has 0 aliphatic heterocycles. The van der Waals surface area contributed by atoms with Crippen molar-refractivity contribution in [3.05, 3.63) is 87.9 Å². The number of nitrogens with one attached hydrogen (secondary N) is 2. The monoisotopic (exact) mass is 472 g/mol. The Balaban J connectivity index is 1.67. The van der Waals surface area contributed by atoms with Gasteiger partial charge in [-0.15, -0.1) is 0 Å². The van der Waals surface area contributed by atoms with E-state index in [4.69, 9.17) is 16.3 Å². The molecular weight excluding hydrogens is 448 g/mol. The van der Waals surface area contributed by atoms with Crippen LogP contribution in [0.1, 0.15) is 27.0 Å². The molecule has 0 saturated heterocycles. The Morgan fingerprint density at radius 3 is 2.34 bits per heavy atom. The predicted octanol–water partition coefficient (Wildman–Crippen LogP) is 4.87. The summed E-state index contributed by atoms with van der Waals surface area (Å²) in [5.41, 5.74) is 3.17. The molecule has 6 nitrogen and oxygen atoms in total. The highest BCUT2D eigenvalue weighted by Crippen LogP contribution is 2.23. The standard InChI is InChI=1S/C24H25ClN2O4S/c1-16-4-11-22(18(3)14-16)27-32(29,30)23-15-19(6-5-17(23)2)24(28)26-12-13-31-21-9-7-20(25)8-10-21/h4-11,14-15,27H,12-13H2,1-3H3,(H,26,28). The van der Waals surface area contributed by atoms with Crippen molar-refractivity contribution in [2.75, 3.05) is 17.9 Å². The average Bonchev–Trinajstić information content (AvgIpc) is 2.74. The fourth-order valence-electron chi connectivity index (χ4n) is 3.13. The summed E-state index contributed by atoms with van der Waals surface area (Å²) in [6.45, 7) is 6.00. The quantitative estimate of drug-likeness (QED) is 0.458. The molecule has 0 unspecified atom stereocenters. The minimum atomic E-state index is -3.87. The average molecular weight is 473 g/mol. The van der Waals surface area contributed by atoms with Crippen molar-refractivity contribution in [3.63, 3.8) is 0 Å². The van der Waals surface area contributed by atoms with Crippen LogP contribution >= 0.6 is 11.6 Å². The van der Waals surface area contributed by atoms with Crippen molar-refractivity contribution < 1.29 is 17.9 Å². The van der Waals surface area contributed by atoms with Crippen LogP contribution in [0.5, 0.6) is 5.75 Å². The summed E-state index contributed by atoms with van der Waals surface area (Å²) < 4.78 is 34.2. The number of benzene rings is 3. The van der Waals surface area contributed by atoms with Crippen LogP contribution in [-0.2, 0) is 10.0 Å². The van der Waals surface area contributed by atoms with Gasteiger partial charge in [-0.25, -0.2) is 8.42 Å². The number of carbonyl (C=O) groups excluding carboxylic acids is 1. The molecule has 32 heavy (non-hydrogen) atoms. The molecule has 0 aromatic heterocycles. The van der Waals surface area contributed by atoms with Gasteiger partial charge >= 0.3 is 0 Å². The van der Waals surface area contributed by atoms with Crippen molar-refractivity contribution in [1.82, 2.24) is 5.32 Å². The molecule has 3 aromatic carbocycles. The number of sulfonamides is 1. The maximum atomic E-state index is 13.0. The van der Waals surface area contributed by atoms with Crippen LogP contribution in [0.25, 0.3) is 0 Å². The number of anilines is 1. The molecule has 0 radical (unpaired) electrons. The van der Waals surface area contributed by atoms with E-state index in [1.165, 1.54) is 6.07 Å². The first-order valence-corrected chi connectivity index (χ1v) is 11.9. The van der Waals surface area contributed by atoms with Gasteiger partial charge < -0.3 is 10.1 Å². The molecule has 0 bridgehead atoms. The summed E-state index contributed by atoms with van der Waals surface area (Å²) in [5, 5.41) is 3.35. The van der Waals surface area contributed by atoms with E-state index in [0.29, 0.717) is 22.0 Å². The normalized spacial score (nSPS) is 11.1. The van der Waals surface area contributed by atoms with E-state index in [1.54, 1.807) is 49.4 Å². The van der Waals surface area contributed by atoms with Crippen molar-refractivity contribution >= 4 is 33.2 Å². The van der Waals surface area contributed by atoms with Crippen LogP contribution in [-0.4, -0.2) is 27.5 Å². The van der Waals surface area contributed by atoms with Gasteiger partial charge in [-0.05, 0) is 74.4 Å². The second kappa shape index (κ2) is 10.1. The van der Waals surface area contributed by atoms with E-state index in [1.807, 2.05) is 26.0 Å². The Morgan fingerprint density at radius 2 is 1.66 bits per heavy atom. The van der Waals surface area contributed by atoms with Crippen molar-refractivity contribution in [2.24, 2.45) is 0 Å². The molecular formula is C24H25ClN2O4S. The van der Waals surface area contributed by atoms with Gasteiger partial charge in [0.05, 0.1) is 17.1 Å². The van der Waals surface area contributed by atoms with E-state index < -0.39 is 10.0 Å². The Kier molecular flexibility index (Phi) is 7.43. The number of halogens is 1. The van der Waals surface area contributed by atoms with Crippen LogP contribution in [0.3, 0.4) is 0 Å². The highest BCUT2D eigenvalue weighted by molar-refractivity contribution is 7.92. The Labute approximate surface area is 193 Å². The number of hydrogen-bond donors (Lipinski definition) is 2. The smallest absolute Gasteiger partial charge is 0.262 e. The molecule has 0 atom stereocenters. The third-order valence-electron chi connectivity index (χ3n) is 4.84. The predicted molar refractivity (Wildman–Crippen MR) is 127 cm³/mol. The topological polar surface area (TPSA) is 84.5 Å². The van der Waals surface area contributed by atoms with Crippen LogP contribution in [0, 0.1) is 20.8 Å². The summed E-state index contributed by atoms with van der Waals surface area (Å²) in [5.74, 6) is 0.262.